The van der Waals surface area contributed by atoms with Crippen LogP contribution in [0.2, 0.25) is 0 Å². The molecule has 0 aliphatic rings. The topological polar surface area (TPSA) is 52.0 Å². The summed E-state index contributed by atoms with van der Waals surface area (Å²) in [6.45, 7) is 0. The van der Waals surface area contributed by atoms with E-state index in [0.717, 1.165) is 30.0 Å². The van der Waals surface area contributed by atoms with Gasteiger partial charge in [0.05, 0.1) is 22.2 Å². The Labute approximate surface area is 109 Å². The van der Waals surface area contributed by atoms with Crippen molar-refractivity contribution in [3.05, 3.63) is 34.3 Å². The van der Waals surface area contributed by atoms with Crippen LogP contribution >= 0.6 is 33.9 Å². The van der Waals surface area contributed by atoms with Gasteiger partial charge in [0.25, 0.3) is 0 Å². The van der Waals surface area contributed by atoms with Crippen molar-refractivity contribution in [3.63, 3.8) is 0 Å². The van der Waals surface area contributed by atoms with Crippen LogP contribution in [-0.2, 0) is 0 Å². The van der Waals surface area contributed by atoms with E-state index in [1.165, 1.54) is 0 Å². The Kier molecular flexibility index (Phi) is 2.36. The molecule has 0 saturated heterocycles. The first kappa shape index (κ1) is 10.1. The van der Waals surface area contributed by atoms with E-state index in [1.54, 1.807) is 23.9 Å². The van der Waals surface area contributed by atoms with E-state index < -0.39 is 0 Å². The standard InChI is InChI=1S/C11H7IN2OS/c12-7-1-2-8(13)10-9(7)14-11(16-10)6-3-4-15-5-6/h1-5H,13H2. The number of benzene rings is 1. The lowest BCUT2D eigenvalue weighted by Gasteiger charge is -1.95. The normalized spacial score (nSPS) is 11.1. The van der Waals surface area contributed by atoms with Crippen molar-refractivity contribution in [2.75, 3.05) is 5.73 Å². The molecule has 0 spiro atoms. The molecule has 5 heteroatoms. The van der Waals surface area contributed by atoms with Crippen LogP contribution in [0, 0.1) is 3.57 Å². The molecule has 3 rings (SSSR count). The number of rotatable bonds is 1. The number of hydrogen-bond donors (Lipinski definition) is 1. The van der Waals surface area contributed by atoms with E-state index in [0.29, 0.717) is 0 Å². The Balaban J connectivity index is 2.31. The first-order chi connectivity index (χ1) is 7.75. The number of hydrogen-bond acceptors (Lipinski definition) is 4. The second kappa shape index (κ2) is 3.74. The Morgan fingerprint density at radius 2 is 2.19 bits per heavy atom. The largest absolute Gasteiger partial charge is 0.472 e. The zero-order valence-electron chi connectivity index (χ0n) is 8.11. The van der Waals surface area contributed by atoms with E-state index in [-0.39, 0.29) is 0 Å². The number of furan rings is 1. The molecule has 0 bridgehead atoms. The Hall–Kier alpha value is -1.08. The van der Waals surface area contributed by atoms with Crippen molar-refractivity contribution >= 4 is 49.8 Å². The highest BCUT2D eigenvalue weighted by molar-refractivity contribution is 14.1. The average Bonchev–Trinajstić information content (AvgIpc) is 2.90. The fraction of sp³-hybridized carbons (Fsp3) is 0. The van der Waals surface area contributed by atoms with Gasteiger partial charge in [-0.2, -0.15) is 0 Å². The maximum Gasteiger partial charge on any atom is 0.127 e. The van der Waals surface area contributed by atoms with Crippen molar-refractivity contribution in [1.82, 2.24) is 4.98 Å². The fourth-order valence-corrected chi connectivity index (χ4v) is 3.26. The van der Waals surface area contributed by atoms with Crippen LogP contribution in [0.15, 0.2) is 35.1 Å². The van der Waals surface area contributed by atoms with E-state index in [1.807, 2.05) is 18.2 Å². The van der Waals surface area contributed by atoms with Crippen LogP contribution in [0.1, 0.15) is 0 Å². The lowest BCUT2D eigenvalue weighted by atomic mass is 10.3. The van der Waals surface area contributed by atoms with Gasteiger partial charge >= 0.3 is 0 Å². The number of anilines is 1. The van der Waals surface area contributed by atoms with Gasteiger partial charge in [-0.1, -0.05) is 0 Å². The molecule has 0 aliphatic carbocycles. The zero-order chi connectivity index (χ0) is 11.1. The van der Waals surface area contributed by atoms with Crippen LogP contribution < -0.4 is 5.73 Å². The van der Waals surface area contributed by atoms with Crippen molar-refractivity contribution in [3.8, 4) is 10.6 Å². The molecular formula is C11H7IN2OS. The third kappa shape index (κ3) is 1.51. The quantitative estimate of drug-likeness (QED) is 0.541. The summed E-state index contributed by atoms with van der Waals surface area (Å²) < 4.78 is 7.22. The van der Waals surface area contributed by atoms with Gasteiger partial charge in [0.2, 0.25) is 0 Å². The van der Waals surface area contributed by atoms with Crippen LogP contribution in [0.5, 0.6) is 0 Å². The minimum atomic E-state index is 0.780. The summed E-state index contributed by atoms with van der Waals surface area (Å²) in [4.78, 5) is 4.59. The number of halogens is 1. The SMILES string of the molecule is Nc1ccc(I)c2nc(-c3ccoc3)sc12. The number of fused-ring (bicyclic) bond motifs is 1. The summed E-state index contributed by atoms with van der Waals surface area (Å²) in [7, 11) is 0. The zero-order valence-corrected chi connectivity index (χ0v) is 11.1. The monoisotopic (exact) mass is 342 g/mol. The molecular weight excluding hydrogens is 335 g/mol. The molecule has 80 valence electrons. The van der Waals surface area contributed by atoms with Gasteiger partial charge in [0, 0.05) is 9.13 Å². The third-order valence-corrected chi connectivity index (χ3v) is 4.32. The van der Waals surface area contributed by atoms with E-state index >= 15 is 0 Å². The van der Waals surface area contributed by atoms with Crippen molar-refractivity contribution in [2.24, 2.45) is 0 Å². The highest BCUT2D eigenvalue weighted by Crippen LogP contribution is 2.35. The maximum absolute atomic E-state index is 5.94. The lowest BCUT2D eigenvalue weighted by molar-refractivity contribution is 0.568. The van der Waals surface area contributed by atoms with Crippen molar-refractivity contribution < 1.29 is 4.42 Å². The third-order valence-electron chi connectivity index (χ3n) is 2.29. The van der Waals surface area contributed by atoms with Crippen molar-refractivity contribution in [1.29, 1.82) is 0 Å². The van der Waals surface area contributed by atoms with Crippen LogP contribution in [0.25, 0.3) is 20.8 Å². The Morgan fingerprint density at radius 3 is 2.88 bits per heavy atom. The van der Waals surface area contributed by atoms with Crippen LogP contribution in [-0.4, -0.2) is 4.98 Å². The first-order valence-electron chi connectivity index (χ1n) is 4.63. The van der Waals surface area contributed by atoms with E-state index in [2.05, 4.69) is 27.6 Å². The number of nitrogens with zero attached hydrogens (tertiary/aromatic N) is 1. The molecule has 0 atom stereocenters. The predicted molar refractivity (Wildman–Crippen MR) is 74.5 cm³/mol. The molecule has 0 amide bonds. The lowest BCUT2D eigenvalue weighted by Crippen LogP contribution is -1.85. The van der Waals surface area contributed by atoms with E-state index in [4.69, 9.17) is 10.2 Å². The van der Waals surface area contributed by atoms with E-state index in [9.17, 15) is 0 Å². The summed E-state index contributed by atoms with van der Waals surface area (Å²) in [5.41, 5.74) is 8.69. The molecule has 0 aliphatic heterocycles. The minimum absolute atomic E-state index is 0.780. The highest BCUT2D eigenvalue weighted by Gasteiger charge is 2.11. The second-order valence-electron chi connectivity index (χ2n) is 3.35. The van der Waals surface area contributed by atoms with Gasteiger partial charge in [0.15, 0.2) is 0 Å². The predicted octanol–water partition coefficient (Wildman–Crippen LogP) is 3.74. The summed E-state index contributed by atoms with van der Waals surface area (Å²) >= 11 is 3.87. The Morgan fingerprint density at radius 1 is 1.31 bits per heavy atom. The Bertz CT molecular complexity index is 606. The molecule has 0 radical (unpaired) electrons. The van der Waals surface area contributed by atoms with Crippen molar-refractivity contribution in [2.45, 2.75) is 0 Å². The van der Waals surface area contributed by atoms with Crippen LogP contribution in [0.4, 0.5) is 5.69 Å². The fourth-order valence-electron chi connectivity index (χ4n) is 1.50. The summed E-state index contributed by atoms with van der Waals surface area (Å²) in [6, 6.07) is 5.80. The van der Waals surface area contributed by atoms with Crippen LogP contribution in [0.3, 0.4) is 0 Å². The number of nitrogen functional groups attached to an aromatic ring is 1. The molecule has 2 N–H and O–H groups in total. The van der Waals surface area contributed by atoms with Gasteiger partial charge in [-0.15, -0.1) is 11.3 Å². The molecule has 3 nitrogen and oxygen atoms in total. The smallest absolute Gasteiger partial charge is 0.127 e. The summed E-state index contributed by atoms with van der Waals surface area (Å²) in [5.74, 6) is 0. The molecule has 0 fully saturated rings. The van der Waals surface area contributed by atoms with Gasteiger partial charge < -0.3 is 10.2 Å². The molecule has 3 aromatic rings. The molecule has 2 heterocycles. The average molecular weight is 342 g/mol. The van der Waals surface area contributed by atoms with Gasteiger partial charge in [-0.3, -0.25) is 0 Å². The van der Waals surface area contributed by atoms with Gasteiger partial charge in [-0.25, -0.2) is 4.98 Å². The number of thiazole rings is 1. The summed E-state index contributed by atoms with van der Waals surface area (Å²) in [6.07, 6.45) is 3.34. The number of nitrogens with two attached hydrogens (primary N) is 1. The first-order valence-corrected chi connectivity index (χ1v) is 6.52. The summed E-state index contributed by atoms with van der Waals surface area (Å²) in [5, 5.41) is 0.944. The molecule has 1 aromatic carbocycles. The molecule has 0 saturated carbocycles. The molecule has 2 aromatic heterocycles. The highest BCUT2D eigenvalue weighted by atomic mass is 127. The maximum atomic E-state index is 5.94. The second-order valence-corrected chi connectivity index (χ2v) is 5.51. The van der Waals surface area contributed by atoms with Gasteiger partial charge in [0.1, 0.15) is 11.3 Å². The molecule has 0 unspecified atom stereocenters. The minimum Gasteiger partial charge on any atom is -0.472 e. The molecule has 16 heavy (non-hydrogen) atoms. The van der Waals surface area contributed by atoms with Gasteiger partial charge in [-0.05, 0) is 40.8 Å². The number of aromatic nitrogens is 1.